The normalized spacial score (nSPS) is 15.6. The lowest BCUT2D eigenvalue weighted by Gasteiger charge is -2.18. The Labute approximate surface area is 174 Å². The second-order valence-corrected chi connectivity index (χ2v) is 8.68. The summed E-state index contributed by atoms with van der Waals surface area (Å²) in [6.07, 6.45) is 2.82. The topological polar surface area (TPSA) is 67.4 Å². The van der Waals surface area contributed by atoms with Gasteiger partial charge < -0.3 is 15.4 Å². The van der Waals surface area contributed by atoms with Crippen molar-refractivity contribution in [3.63, 3.8) is 0 Å². The van der Waals surface area contributed by atoms with E-state index in [0.29, 0.717) is 28.1 Å². The minimum absolute atomic E-state index is 0.101. The smallest absolute Gasteiger partial charge is 0.341 e. The van der Waals surface area contributed by atoms with Crippen LogP contribution >= 0.6 is 22.9 Å². The van der Waals surface area contributed by atoms with Gasteiger partial charge in [0, 0.05) is 15.6 Å². The maximum atomic E-state index is 12.5. The van der Waals surface area contributed by atoms with Crippen LogP contribution in [0, 0.1) is 12.8 Å². The number of benzene rings is 1. The van der Waals surface area contributed by atoms with Crippen molar-refractivity contribution in [2.75, 3.05) is 23.8 Å². The summed E-state index contributed by atoms with van der Waals surface area (Å²) < 4.78 is 5.25. The Morgan fingerprint density at radius 1 is 1.36 bits per heavy atom. The second-order valence-electron chi connectivity index (χ2n) is 7.14. The molecule has 1 atom stereocenters. The van der Waals surface area contributed by atoms with E-state index in [0.717, 1.165) is 36.1 Å². The Balaban J connectivity index is 1.75. The third-order valence-electron chi connectivity index (χ3n) is 4.87. The lowest BCUT2D eigenvalue weighted by atomic mass is 9.88. The number of esters is 1. The van der Waals surface area contributed by atoms with Gasteiger partial charge in [0.1, 0.15) is 5.00 Å². The SMILES string of the molecule is CCOC(=O)c1c(NC(=O)CNc2ccc(Cl)cc2C)sc2c1CC[C@H](C)C2. The summed E-state index contributed by atoms with van der Waals surface area (Å²) in [6, 6.07) is 5.47. The van der Waals surface area contributed by atoms with Gasteiger partial charge in [-0.05, 0) is 68.4 Å². The molecule has 7 heteroatoms. The molecule has 0 radical (unpaired) electrons. The van der Waals surface area contributed by atoms with E-state index in [9.17, 15) is 9.59 Å². The van der Waals surface area contributed by atoms with E-state index in [2.05, 4.69) is 17.6 Å². The molecule has 1 aromatic carbocycles. The predicted molar refractivity (Wildman–Crippen MR) is 115 cm³/mol. The zero-order chi connectivity index (χ0) is 20.3. The quantitative estimate of drug-likeness (QED) is 0.641. The molecular weight excluding hydrogens is 396 g/mol. The average Bonchev–Trinajstić information content (AvgIpc) is 2.97. The van der Waals surface area contributed by atoms with Crippen LogP contribution in [0.1, 0.15) is 46.6 Å². The molecule has 0 aliphatic heterocycles. The Bertz CT molecular complexity index is 894. The molecule has 2 N–H and O–H groups in total. The Morgan fingerprint density at radius 2 is 2.14 bits per heavy atom. The molecule has 1 aromatic heterocycles. The number of hydrogen-bond donors (Lipinski definition) is 2. The number of ether oxygens (including phenoxy) is 1. The van der Waals surface area contributed by atoms with E-state index in [4.69, 9.17) is 16.3 Å². The van der Waals surface area contributed by atoms with E-state index in [1.54, 1.807) is 13.0 Å². The number of hydrogen-bond acceptors (Lipinski definition) is 5. The third kappa shape index (κ3) is 4.67. The molecule has 0 unspecified atom stereocenters. The van der Waals surface area contributed by atoms with Crippen LogP contribution in [0.5, 0.6) is 0 Å². The van der Waals surface area contributed by atoms with Gasteiger partial charge >= 0.3 is 5.97 Å². The van der Waals surface area contributed by atoms with Gasteiger partial charge in [-0.1, -0.05) is 18.5 Å². The number of rotatable bonds is 6. The third-order valence-corrected chi connectivity index (χ3v) is 6.28. The van der Waals surface area contributed by atoms with Gasteiger partial charge in [0.2, 0.25) is 5.91 Å². The number of aryl methyl sites for hydroxylation is 1. The molecule has 3 rings (SSSR count). The fourth-order valence-corrected chi connectivity index (χ4v) is 5.07. The highest BCUT2D eigenvalue weighted by Gasteiger charge is 2.29. The summed E-state index contributed by atoms with van der Waals surface area (Å²) in [4.78, 5) is 26.2. The molecule has 0 bridgehead atoms. The summed E-state index contributed by atoms with van der Waals surface area (Å²) in [5.41, 5.74) is 3.39. The molecule has 0 saturated carbocycles. The molecule has 150 valence electrons. The van der Waals surface area contributed by atoms with Gasteiger partial charge in [0.25, 0.3) is 0 Å². The Kier molecular flexibility index (Phi) is 6.62. The number of anilines is 2. The lowest BCUT2D eigenvalue weighted by Crippen LogP contribution is -2.23. The van der Waals surface area contributed by atoms with Gasteiger partial charge in [-0.25, -0.2) is 4.79 Å². The molecular formula is C21H25ClN2O3S. The molecule has 0 spiro atoms. The van der Waals surface area contributed by atoms with Gasteiger partial charge in [0.15, 0.2) is 0 Å². The van der Waals surface area contributed by atoms with Gasteiger partial charge in [0.05, 0.1) is 18.7 Å². The van der Waals surface area contributed by atoms with Crippen molar-refractivity contribution in [2.24, 2.45) is 5.92 Å². The van der Waals surface area contributed by atoms with Crippen LogP contribution in [-0.2, 0) is 22.4 Å². The fourth-order valence-electron chi connectivity index (χ4n) is 3.43. The first-order valence-corrected chi connectivity index (χ1v) is 10.7. The number of amides is 1. The number of carbonyl (C=O) groups excluding carboxylic acids is 2. The van der Waals surface area contributed by atoms with Crippen molar-refractivity contribution >= 4 is 45.5 Å². The van der Waals surface area contributed by atoms with Crippen LogP contribution in [0.15, 0.2) is 18.2 Å². The molecule has 0 saturated heterocycles. The summed E-state index contributed by atoms with van der Waals surface area (Å²) in [5, 5.41) is 7.29. The first-order valence-electron chi connectivity index (χ1n) is 9.50. The standard InChI is InChI=1S/C21H25ClN2O3S/c1-4-27-21(26)19-15-7-5-12(2)9-17(15)28-20(19)24-18(25)11-23-16-8-6-14(22)10-13(16)3/h6,8,10,12,23H,4-5,7,9,11H2,1-3H3,(H,24,25)/t12-/m0/s1. The first kappa shape index (κ1) is 20.7. The summed E-state index contributed by atoms with van der Waals surface area (Å²) in [7, 11) is 0. The maximum absolute atomic E-state index is 12.5. The summed E-state index contributed by atoms with van der Waals surface area (Å²) in [6.45, 7) is 6.34. The highest BCUT2D eigenvalue weighted by Crippen LogP contribution is 2.40. The van der Waals surface area contributed by atoms with Gasteiger partial charge in [-0.2, -0.15) is 0 Å². The molecule has 5 nitrogen and oxygen atoms in total. The first-order chi connectivity index (χ1) is 13.4. The number of fused-ring (bicyclic) bond motifs is 1. The molecule has 1 aliphatic rings. The van der Waals surface area contributed by atoms with Crippen molar-refractivity contribution in [3.8, 4) is 0 Å². The van der Waals surface area contributed by atoms with E-state index in [1.165, 1.54) is 16.2 Å². The van der Waals surface area contributed by atoms with Gasteiger partial charge in [-0.3, -0.25) is 4.79 Å². The van der Waals surface area contributed by atoms with Crippen LogP contribution in [0.25, 0.3) is 0 Å². The van der Waals surface area contributed by atoms with Crippen LogP contribution in [0.3, 0.4) is 0 Å². The molecule has 28 heavy (non-hydrogen) atoms. The summed E-state index contributed by atoms with van der Waals surface area (Å²) in [5.74, 6) is 0.0252. The number of carbonyl (C=O) groups is 2. The van der Waals surface area contributed by atoms with Crippen LogP contribution in [0.2, 0.25) is 5.02 Å². The van der Waals surface area contributed by atoms with E-state index in [1.807, 2.05) is 19.1 Å². The largest absolute Gasteiger partial charge is 0.462 e. The van der Waals surface area contributed by atoms with Crippen LogP contribution in [-0.4, -0.2) is 25.0 Å². The van der Waals surface area contributed by atoms with Crippen molar-refractivity contribution in [1.82, 2.24) is 0 Å². The monoisotopic (exact) mass is 420 g/mol. The number of nitrogens with one attached hydrogen (secondary N) is 2. The highest BCUT2D eigenvalue weighted by molar-refractivity contribution is 7.17. The van der Waals surface area contributed by atoms with E-state index in [-0.39, 0.29) is 18.4 Å². The van der Waals surface area contributed by atoms with Crippen molar-refractivity contribution in [1.29, 1.82) is 0 Å². The molecule has 2 aromatic rings. The fraction of sp³-hybridized carbons (Fsp3) is 0.429. The second kappa shape index (κ2) is 8.97. The molecule has 1 aliphatic carbocycles. The van der Waals surface area contributed by atoms with Crippen LogP contribution in [0.4, 0.5) is 10.7 Å². The predicted octanol–water partition coefficient (Wildman–Crippen LogP) is 5.06. The molecule has 1 heterocycles. The zero-order valence-corrected chi connectivity index (χ0v) is 17.9. The Hall–Kier alpha value is -2.05. The summed E-state index contributed by atoms with van der Waals surface area (Å²) >= 11 is 7.47. The minimum Gasteiger partial charge on any atom is -0.462 e. The van der Waals surface area contributed by atoms with Crippen molar-refractivity contribution < 1.29 is 14.3 Å². The molecule has 0 fully saturated rings. The van der Waals surface area contributed by atoms with Gasteiger partial charge in [-0.15, -0.1) is 11.3 Å². The highest BCUT2D eigenvalue weighted by atomic mass is 35.5. The van der Waals surface area contributed by atoms with Crippen molar-refractivity contribution in [2.45, 2.75) is 40.0 Å². The lowest BCUT2D eigenvalue weighted by molar-refractivity contribution is -0.114. The number of halogens is 1. The number of thiophene rings is 1. The minimum atomic E-state index is -0.355. The maximum Gasteiger partial charge on any atom is 0.341 e. The van der Waals surface area contributed by atoms with E-state index < -0.39 is 0 Å². The van der Waals surface area contributed by atoms with E-state index >= 15 is 0 Å². The zero-order valence-electron chi connectivity index (χ0n) is 16.4. The van der Waals surface area contributed by atoms with Crippen LogP contribution < -0.4 is 10.6 Å². The molecule has 1 amide bonds. The Morgan fingerprint density at radius 3 is 2.86 bits per heavy atom. The average molecular weight is 421 g/mol. The van der Waals surface area contributed by atoms with Crippen molar-refractivity contribution in [3.05, 3.63) is 44.8 Å².